The third kappa shape index (κ3) is 1.77. The van der Waals surface area contributed by atoms with Gasteiger partial charge in [-0.05, 0) is 19.8 Å². The van der Waals surface area contributed by atoms with Gasteiger partial charge in [0.1, 0.15) is 17.5 Å². The molecule has 3 aliphatic rings. The molecule has 1 N–H and O–H groups in total. The molecule has 2 saturated carbocycles. The highest BCUT2D eigenvalue weighted by Gasteiger charge is 2.73. The second kappa shape index (κ2) is 4.49. The van der Waals surface area contributed by atoms with Gasteiger partial charge in [-0.25, -0.2) is 4.79 Å². The number of Topliss-reactive ketones (excluding diaryl/α,β-unsaturated/α-hetero) is 2. The van der Waals surface area contributed by atoms with E-state index in [9.17, 15) is 19.5 Å². The summed E-state index contributed by atoms with van der Waals surface area (Å²) >= 11 is 0. The molecule has 0 unspecified atom stereocenters. The molecule has 0 spiro atoms. The lowest BCUT2D eigenvalue weighted by Gasteiger charge is -2.50. The number of hydrogen-bond acceptors (Lipinski definition) is 6. The number of carbonyl (C=O) groups excluding carboxylic acids is 3. The van der Waals surface area contributed by atoms with Crippen LogP contribution in [-0.2, 0) is 23.9 Å². The Morgan fingerprint density at radius 3 is 2.64 bits per heavy atom. The van der Waals surface area contributed by atoms with Gasteiger partial charge in [-0.1, -0.05) is 13.5 Å². The van der Waals surface area contributed by atoms with E-state index in [1.165, 1.54) is 14.0 Å². The van der Waals surface area contributed by atoms with E-state index in [0.717, 1.165) is 0 Å². The standard InChI is InChI=1S/C16H20O6/c1-7(14(19)21-4)8-5-6-15(2)11(9(8)17)16(3,20)12(18)10-13(15)22-10/h8,10-11,13,20H,1,5-6H2,2-4H3/t8-,10-,11+,13-,15+,16-/m0/s1. The highest BCUT2D eigenvalue weighted by Crippen LogP contribution is 2.60. The lowest BCUT2D eigenvalue weighted by atomic mass is 9.52. The molecule has 2 aliphatic carbocycles. The molecular formula is C16H20O6. The van der Waals surface area contributed by atoms with Gasteiger partial charge in [-0.15, -0.1) is 0 Å². The van der Waals surface area contributed by atoms with E-state index in [-0.39, 0.29) is 17.5 Å². The minimum Gasteiger partial charge on any atom is -0.466 e. The van der Waals surface area contributed by atoms with Crippen LogP contribution in [0.25, 0.3) is 0 Å². The third-order valence-electron chi connectivity index (χ3n) is 5.59. The van der Waals surface area contributed by atoms with Crippen LogP contribution >= 0.6 is 0 Å². The van der Waals surface area contributed by atoms with Gasteiger partial charge in [0.05, 0.1) is 19.1 Å². The molecule has 22 heavy (non-hydrogen) atoms. The molecule has 1 heterocycles. The maximum atomic E-state index is 12.9. The fraction of sp³-hybridized carbons (Fsp3) is 0.688. The van der Waals surface area contributed by atoms with Crippen LogP contribution in [0.2, 0.25) is 0 Å². The van der Waals surface area contributed by atoms with E-state index < -0.39 is 40.7 Å². The molecule has 0 amide bonds. The summed E-state index contributed by atoms with van der Waals surface area (Å²) < 4.78 is 10.1. The molecular weight excluding hydrogens is 288 g/mol. The van der Waals surface area contributed by atoms with Crippen LogP contribution in [-0.4, -0.2) is 47.6 Å². The van der Waals surface area contributed by atoms with Crippen molar-refractivity contribution < 1.29 is 29.0 Å². The molecule has 6 atom stereocenters. The van der Waals surface area contributed by atoms with Crippen molar-refractivity contribution in [2.45, 2.75) is 44.5 Å². The second-order valence-corrected chi connectivity index (χ2v) is 6.94. The maximum absolute atomic E-state index is 12.9. The normalized spacial score (nSPS) is 46.5. The molecule has 0 bridgehead atoms. The van der Waals surface area contributed by atoms with E-state index in [2.05, 4.69) is 11.3 Å². The number of rotatable bonds is 2. The zero-order chi connectivity index (χ0) is 16.4. The highest BCUT2D eigenvalue weighted by atomic mass is 16.6. The van der Waals surface area contributed by atoms with Gasteiger partial charge in [-0.3, -0.25) is 9.59 Å². The predicted molar refractivity (Wildman–Crippen MR) is 74.8 cm³/mol. The van der Waals surface area contributed by atoms with Crippen LogP contribution in [0, 0.1) is 17.3 Å². The molecule has 0 radical (unpaired) electrons. The molecule has 6 heteroatoms. The Balaban J connectivity index is 1.97. The Kier molecular flexibility index (Phi) is 3.14. The summed E-state index contributed by atoms with van der Waals surface area (Å²) in [5.74, 6) is -3.02. The maximum Gasteiger partial charge on any atom is 0.333 e. The zero-order valence-electron chi connectivity index (χ0n) is 12.9. The number of methoxy groups -OCH3 is 1. The van der Waals surface area contributed by atoms with Crippen molar-refractivity contribution in [3.8, 4) is 0 Å². The summed E-state index contributed by atoms with van der Waals surface area (Å²) in [4.78, 5) is 36.8. The molecule has 3 rings (SSSR count). The fourth-order valence-electron chi connectivity index (χ4n) is 4.36. The molecule has 0 aromatic rings. The van der Waals surface area contributed by atoms with Crippen molar-refractivity contribution in [2.24, 2.45) is 17.3 Å². The Morgan fingerprint density at radius 2 is 2.05 bits per heavy atom. The van der Waals surface area contributed by atoms with Gasteiger partial charge in [0.25, 0.3) is 0 Å². The molecule has 120 valence electrons. The molecule has 0 aromatic carbocycles. The number of esters is 1. The van der Waals surface area contributed by atoms with Gasteiger partial charge in [0, 0.05) is 16.9 Å². The van der Waals surface area contributed by atoms with Crippen LogP contribution in [0.3, 0.4) is 0 Å². The van der Waals surface area contributed by atoms with E-state index >= 15 is 0 Å². The fourth-order valence-corrected chi connectivity index (χ4v) is 4.36. The summed E-state index contributed by atoms with van der Waals surface area (Å²) in [7, 11) is 1.23. The summed E-state index contributed by atoms with van der Waals surface area (Å²) in [6.07, 6.45) is 0.0941. The summed E-state index contributed by atoms with van der Waals surface area (Å²) in [5, 5.41) is 10.7. The summed E-state index contributed by atoms with van der Waals surface area (Å²) in [6.45, 7) is 6.91. The van der Waals surface area contributed by atoms with Crippen molar-refractivity contribution in [2.75, 3.05) is 7.11 Å². The quantitative estimate of drug-likeness (QED) is 0.451. The Hall–Kier alpha value is -1.53. The van der Waals surface area contributed by atoms with Gasteiger partial charge >= 0.3 is 5.97 Å². The van der Waals surface area contributed by atoms with E-state index in [0.29, 0.717) is 12.8 Å². The molecule has 3 fully saturated rings. The van der Waals surface area contributed by atoms with Crippen molar-refractivity contribution >= 4 is 17.5 Å². The Morgan fingerprint density at radius 1 is 1.41 bits per heavy atom. The Labute approximate surface area is 128 Å². The predicted octanol–water partition coefficient (Wildman–Crippen LogP) is 0.418. The van der Waals surface area contributed by atoms with Crippen LogP contribution in [0.4, 0.5) is 0 Å². The summed E-state index contributed by atoms with van der Waals surface area (Å²) in [5.41, 5.74) is -2.29. The molecule has 1 saturated heterocycles. The molecule has 6 nitrogen and oxygen atoms in total. The second-order valence-electron chi connectivity index (χ2n) is 6.94. The first-order valence-electron chi connectivity index (χ1n) is 7.39. The van der Waals surface area contributed by atoms with Gasteiger partial charge < -0.3 is 14.6 Å². The van der Waals surface area contributed by atoms with Crippen molar-refractivity contribution in [1.29, 1.82) is 0 Å². The first-order chi connectivity index (χ1) is 10.2. The van der Waals surface area contributed by atoms with Gasteiger partial charge in [-0.2, -0.15) is 0 Å². The topological polar surface area (TPSA) is 93.2 Å². The van der Waals surface area contributed by atoms with Crippen molar-refractivity contribution in [1.82, 2.24) is 0 Å². The minimum atomic E-state index is -1.78. The average molecular weight is 308 g/mol. The number of ketones is 2. The largest absolute Gasteiger partial charge is 0.466 e. The average Bonchev–Trinajstić information content (AvgIpc) is 3.25. The van der Waals surface area contributed by atoms with Crippen LogP contribution in [0.1, 0.15) is 26.7 Å². The van der Waals surface area contributed by atoms with E-state index in [1.54, 1.807) is 0 Å². The summed E-state index contributed by atoms with van der Waals surface area (Å²) in [6, 6.07) is 0. The van der Waals surface area contributed by atoms with E-state index in [1.807, 2.05) is 6.92 Å². The van der Waals surface area contributed by atoms with Crippen LogP contribution in [0.15, 0.2) is 12.2 Å². The van der Waals surface area contributed by atoms with Crippen LogP contribution in [0.5, 0.6) is 0 Å². The smallest absolute Gasteiger partial charge is 0.333 e. The van der Waals surface area contributed by atoms with E-state index in [4.69, 9.17) is 4.74 Å². The van der Waals surface area contributed by atoms with Gasteiger partial charge in [0.2, 0.25) is 0 Å². The number of aliphatic hydroxyl groups is 1. The van der Waals surface area contributed by atoms with Crippen LogP contribution < -0.4 is 0 Å². The number of hydrogen-bond donors (Lipinski definition) is 1. The monoisotopic (exact) mass is 308 g/mol. The number of ether oxygens (including phenoxy) is 2. The number of carbonyl (C=O) groups is 3. The lowest BCUT2D eigenvalue weighted by molar-refractivity contribution is -0.168. The third-order valence-corrected chi connectivity index (χ3v) is 5.59. The number of fused-ring (bicyclic) bond motifs is 3. The number of epoxide rings is 1. The Bertz CT molecular complexity index is 591. The highest BCUT2D eigenvalue weighted by molar-refractivity contribution is 6.05. The minimum absolute atomic E-state index is 0.0802. The molecule has 0 aromatic heterocycles. The van der Waals surface area contributed by atoms with Gasteiger partial charge in [0.15, 0.2) is 5.78 Å². The lowest BCUT2D eigenvalue weighted by Crippen LogP contribution is -2.64. The van der Waals surface area contributed by atoms with Crippen molar-refractivity contribution in [3.05, 3.63) is 12.2 Å². The first kappa shape index (κ1) is 15.4. The van der Waals surface area contributed by atoms with Crippen molar-refractivity contribution in [3.63, 3.8) is 0 Å². The first-order valence-corrected chi connectivity index (χ1v) is 7.39. The molecule has 1 aliphatic heterocycles. The zero-order valence-corrected chi connectivity index (χ0v) is 12.9. The SMILES string of the molecule is C=C(C(=O)OC)[C@@H]1CC[C@]2(C)[C@@H](C1=O)[C@](C)(O)C(=O)[C@@H]1O[C@@H]12.